The molecule has 1 fully saturated rings. The largest absolute Gasteiger partial charge is 0.480 e. The van der Waals surface area contributed by atoms with Crippen LogP contribution in [-0.2, 0) is 23.9 Å². The van der Waals surface area contributed by atoms with E-state index < -0.39 is 42.1 Å². The SMILES string of the molecule is CC(C)C[C@H](NC(=O)C1OC1C(=O)O)C(=O)NCCCC[C@H](N)C(=O)O.O. The third-order valence-electron chi connectivity index (χ3n) is 3.89. The number of aliphatic carboxylic acids is 2. The number of unbranched alkanes of at least 4 members (excludes halogenated alkanes) is 1. The van der Waals surface area contributed by atoms with Crippen LogP contribution in [0.4, 0.5) is 0 Å². The van der Waals surface area contributed by atoms with E-state index in [-0.39, 0.29) is 17.3 Å². The van der Waals surface area contributed by atoms with Gasteiger partial charge in [-0.2, -0.15) is 0 Å². The number of rotatable bonds is 12. The van der Waals surface area contributed by atoms with Crippen molar-refractivity contribution in [3.05, 3.63) is 0 Å². The lowest BCUT2D eigenvalue weighted by molar-refractivity contribution is -0.139. The van der Waals surface area contributed by atoms with Gasteiger partial charge in [0.25, 0.3) is 5.91 Å². The Kier molecular flexibility index (Phi) is 10.5. The number of carbonyl (C=O) groups excluding carboxylic acids is 2. The van der Waals surface area contributed by atoms with Gasteiger partial charge in [-0.15, -0.1) is 0 Å². The highest BCUT2D eigenvalue weighted by Gasteiger charge is 2.51. The first-order valence-corrected chi connectivity index (χ1v) is 8.58. The van der Waals surface area contributed by atoms with Gasteiger partial charge in [-0.3, -0.25) is 14.4 Å². The Morgan fingerprint density at radius 2 is 1.74 bits per heavy atom. The summed E-state index contributed by atoms with van der Waals surface area (Å²) in [5, 5.41) is 22.7. The van der Waals surface area contributed by atoms with Crippen LogP contribution in [0.2, 0.25) is 0 Å². The van der Waals surface area contributed by atoms with Crippen LogP contribution in [0.25, 0.3) is 0 Å². The molecule has 0 aliphatic carbocycles. The molecule has 0 spiro atoms. The van der Waals surface area contributed by atoms with Crippen molar-refractivity contribution in [2.75, 3.05) is 6.54 Å². The van der Waals surface area contributed by atoms with Crippen LogP contribution in [0.5, 0.6) is 0 Å². The van der Waals surface area contributed by atoms with Crippen molar-refractivity contribution < 1.29 is 39.6 Å². The van der Waals surface area contributed by atoms with Gasteiger partial charge in [0.15, 0.2) is 12.2 Å². The average Bonchev–Trinajstić information content (AvgIpc) is 3.33. The molecule has 1 rings (SSSR count). The molecule has 8 N–H and O–H groups in total. The van der Waals surface area contributed by atoms with Crippen LogP contribution >= 0.6 is 0 Å². The van der Waals surface area contributed by atoms with Crippen molar-refractivity contribution in [2.24, 2.45) is 11.7 Å². The lowest BCUT2D eigenvalue weighted by Gasteiger charge is -2.20. The third-order valence-corrected chi connectivity index (χ3v) is 3.89. The number of nitrogens with one attached hydrogen (secondary N) is 2. The number of ether oxygens (including phenoxy) is 1. The van der Waals surface area contributed by atoms with E-state index in [1.54, 1.807) is 0 Å². The first-order valence-electron chi connectivity index (χ1n) is 8.58. The number of carboxylic acid groups (broad SMARTS) is 2. The lowest BCUT2D eigenvalue weighted by atomic mass is 10.0. The highest BCUT2D eigenvalue weighted by Crippen LogP contribution is 2.22. The van der Waals surface area contributed by atoms with E-state index >= 15 is 0 Å². The standard InChI is InChI=1S/C16H27N3O7.H2O/c1-8(2)7-10(19-14(21)11-12(26-11)16(24)25)13(20)18-6-4-3-5-9(17)15(22)23;/h8-12H,3-7,17H2,1-2H3,(H,18,20)(H,19,21)(H,22,23)(H,24,25);1H2/t9-,10-,11?,12?;/m0./s1. The molecule has 1 aliphatic rings. The zero-order valence-electron chi connectivity index (χ0n) is 15.4. The van der Waals surface area contributed by atoms with Gasteiger partial charge in [0, 0.05) is 6.54 Å². The van der Waals surface area contributed by atoms with Crippen LogP contribution in [0.15, 0.2) is 0 Å². The minimum absolute atomic E-state index is 0. The van der Waals surface area contributed by atoms with Gasteiger partial charge < -0.3 is 36.8 Å². The van der Waals surface area contributed by atoms with Crippen LogP contribution < -0.4 is 16.4 Å². The first-order chi connectivity index (χ1) is 12.1. The van der Waals surface area contributed by atoms with Gasteiger partial charge in [-0.05, 0) is 31.6 Å². The number of amides is 2. The molecule has 1 aliphatic heterocycles. The molecule has 1 heterocycles. The number of hydrogen-bond donors (Lipinski definition) is 5. The minimum Gasteiger partial charge on any atom is -0.480 e. The van der Waals surface area contributed by atoms with Gasteiger partial charge in [0.1, 0.15) is 12.1 Å². The molecule has 0 aromatic rings. The van der Waals surface area contributed by atoms with Crippen molar-refractivity contribution in [3.63, 3.8) is 0 Å². The van der Waals surface area contributed by atoms with E-state index in [4.69, 9.17) is 20.7 Å². The van der Waals surface area contributed by atoms with Gasteiger partial charge in [0.05, 0.1) is 0 Å². The van der Waals surface area contributed by atoms with E-state index in [0.29, 0.717) is 32.2 Å². The molecule has 0 saturated carbocycles. The summed E-state index contributed by atoms with van der Waals surface area (Å²) in [4.78, 5) is 45.6. The smallest absolute Gasteiger partial charge is 0.336 e. The Morgan fingerprint density at radius 1 is 1.11 bits per heavy atom. The molecular weight excluding hydrogens is 362 g/mol. The molecular formula is C16H29N3O8. The van der Waals surface area contributed by atoms with E-state index in [2.05, 4.69) is 10.6 Å². The Balaban J connectivity index is 0.00000676. The highest BCUT2D eigenvalue weighted by atomic mass is 16.6. The molecule has 11 nitrogen and oxygen atoms in total. The van der Waals surface area contributed by atoms with E-state index in [1.165, 1.54) is 0 Å². The maximum absolute atomic E-state index is 12.3. The average molecular weight is 391 g/mol. The van der Waals surface area contributed by atoms with Crippen molar-refractivity contribution in [1.82, 2.24) is 10.6 Å². The fourth-order valence-corrected chi connectivity index (χ4v) is 2.40. The quantitative estimate of drug-likeness (QED) is 0.190. The molecule has 156 valence electrons. The van der Waals surface area contributed by atoms with Crippen molar-refractivity contribution >= 4 is 23.8 Å². The van der Waals surface area contributed by atoms with Crippen LogP contribution in [0, 0.1) is 5.92 Å². The van der Waals surface area contributed by atoms with Crippen molar-refractivity contribution in [3.8, 4) is 0 Å². The van der Waals surface area contributed by atoms with E-state index in [1.807, 2.05) is 13.8 Å². The van der Waals surface area contributed by atoms with E-state index in [0.717, 1.165) is 0 Å². The summed E-state index contributed by atoms with van der Waals surface area (Å²) in [5.74, 6) is -3.13. The van der Waals surface area contributed by atoms with Gasteiger partial charge >= 0.3 is 11.9 Å². The predicted octanol–water partition coefficient (Wildman–Crippen LogP) is -1.76. The van der Waals surface area contributed by atoms with E-state index in [9.17, 15) is 19.2 Å². The fourth-order valence-electron chi connectivity index (χ4n) is 2.40. The highest BCUT2D eigenvalue weighted by molar-refractivity contribution is 5.95. The predicted molar refractivity (Wildman–Crippen MR) is 93.8 cm³/mol. The molecule has 0 aromatic heterocycles. The van der Waals surface area contributed by atoms with Crippen molar-refractivity contribution in [1.29, 1.82) is 0 Å². The summed E-state index contributed by atoms with van der Waals surface area (Å²) in [7, 11) is 0. The topological polar surface area (TPSA) is 203 Å². The zero-order valence-corrected chi connectivity index (χ0v) is 15.4. The lowest BCUT2D eigenvalue weighted by Crippen LogP contribution is -2.49. The Labute approximate surface area is 156 Å². The molecule has 2 amide bonds. The maximum atomic E-state index is 12.3. The molecule has 1 saturated heterocycles. The maximum Gasteiger partial charge on any atom is 0.336 e. The summed E-state index contributed by atoms with van der Waals surface area (Å²) >= 11 is 0. The first kappa shape index (κ1) is 24.8. The Morgan fingerprint density at radius 3 is 2.22 bits per heavy atom. The van der Waals surface area contributed by atoms with Gasteiger partial charge in [0.2, 0.25) is 5.91 Å². The zero-order chi connectivity index (χ0) is 19.9. The summed E-state index contributed by atoms with van der Waals surface area (Å²) in [5.41, 5.74) is 5.40. The summed E-state index contributed by atoms with van der Waals surface area (Å²) in [6, 6.07) is -1.71. The van der Waals surface area contributed by atoms with Crippen molar-refractivity contribution in [2.45, 2.75) is 63.8 Å². The van der Waals surface area contributed by atoms with Gasteiger partial charge in [-0.25, -0.2) is 4.79 Å². The molecule has 4 atom stereocenters. The van der Waals surface area contributed by atoms with Crippen LogP contribution in [-0.4, -0.2) is 70.3 Å². The Bertz CT molecular complexity index is 540. The molecule has 0 radical (unpaired) electrons. The fraction of sp³-hybridized carbons (Fsp3) is 0.750. The number of carboxylic acids is 2. The second-order valence-corrected chi connectivity index (χ2v) is 6.74. The van der Waals surface area contributed by atoms with Gasteiger partial charge in [-0.1, -0.05) is 13.8 Å². The molecule has 0 aromatic carbocycles. The molecule has 11 heteroatoms. The summed E-state index contributed by atoms with van der Waals surface area (Å²) < 4.78 is 4.78. The third kappa shape index (κ3) is 8.80. The monoisotopic (exact) mass is 391 g/mol. The summed E-state index contributed by atoms with van der Waals surface area (Å²) in [6.07, 6.45) is -0.407. The number of epoxide rings is 1. The molecule has 0 bridgehead atoms. The normalized spacial score (nSPS) is 20.1. The second-order valence-electron chi connectivity index (χ2n) is 6.74. The number of nitrogens with two attached hydrogens (primary N) is 1. The second kappa shape index (κ2) is 11.5. The molecule has 27 heavy (non-hydrogen) atoms. The molecule has 2 unspecified atom stereocenters. The van der Waals surface area contributed by atoms with Crippen LogP contribution in [0.3, 0.4) is 0 Å². The number of hydrogen-bond acceptors (Lipinski definition) is 6. The Hall–Kier alpha value is -2.24. The summed E-state index contributed by atoms with van der Waals surface area (Å²) in [6.45, 7) is 4.12. The van der Waals surface area contributed by atoms with Crippen LogP contribution in [0.1, 0.15) is 39.5 Å². The minimum atomic E-state index is -1.21. The number of carbonyl (C=O) groups is 4.